The average molecular weight is 483 g/mol. The van der Waals surface area contributed by atoms with Crippen molar-refractivity contribution in [3.8, 4) is 0 Å². The van der Waals surface area contributed by atoms with Gasteiger partial charge in [-0.15, -0.1) is 11.3 Å². The van der Waals surface area contributed by atoms with Gasteiger partial charge in [-0.2, -0.15) is 0 Å². The zero-order chi connectivity index (χ0) is 22.6. The Kier molecular flexibility index (Phi) is 7.01. The van der Waals surface area contributed by atoms with Crippen LogP contribution in [0.5, 0.6) is 0 Å². The first-order chi connectivity index (χ1) is 14.7. The lowest BCUT2D eigenvalue weighted by Gasteiger charge is -2.06. The minimum atomic E-state index is -3.97. The van der Waals surface area contributed by atoms with Gasteiger partial charge in [0.05, 0.1) is 22.2 Å². The number of hydrazine groups is 1. The predicted molar refractivity (Wildman–Crippen MR) is 114 cm³/mol. The van der Waals surface area contributed by atoms with E-state index in [4.69, 9.17) is 11.6 Å². The molecule has 0 fully saturated rings. The van der Waals surface area contributed by atoms with E-state index >= 15 is 0 Å². The molecule has 0 atom stereocenters. The van der Waals surface area contributed by atoms with Crippen LogP contribution in [0.2, 0.25) is 5.02 Å². The Morgan fingerprint density at radius 1 is 1.10 bits per heavy atom. The van der Waals surface area contributed by atoms with Crippen LogP contribution < -0.4 is 15.6 Å². The van der Waals surface area contributed by atoms with Crippen LogP contribution in [0.4, 0.5) is 4.39 Å². The van der Waals surface area contributed by atoms with Gasteiger partial charge in [0.2, 0.25) is 10.0 Å². The van der Waals surface area contributed by atoms with Crippen molar-refractivity contribution in [2.45, 2.75) is 18.4 Å². The molecule has 12 heteroatoms. The number of carbonyl (C=O) groups is 2. The molecule has 2 amide bonds. The maximum absolute atomic E-state index is 13.3. The quantitative estimate of drug-likeness (QED) is 0.467. The number of thiazole rings is 1. The van der Waals surface area contributed by atoms with E-state index in [2.05, 4.69) is 20.6 Å². The van der Waals surface area contributed by atoms with Crippen molar-refractivity contribution in [2.24, 2.45) is 0 Å². The van der Waals surface area contributed by atoms with Crippen molar-refractivity contribution >= 4 is 44.8 Å². The van der Waals surface area contributed by atoms with Crippen LogP contribution in [0, 0.1) is 12.7 Å². The topological polar surface area (TPSA) is 117 Å². The highest BCUT2D eigenvalue weighted by Gasteiger charge is 2.19. The molecule has 0 radical (unpaired) electrons. The van der Waals surface area contributed by atoms with Crippen molar-refractivity contribution in [3.05, 3.63) is 80.5 Å². The van der Waals surface area contributed by atoms with E-state index in [1.807, 2.05) is 0 Å². The van der Waals surface area contributed by atoms with E-state index in [9.17, 15) is 22.4 Å². The fourth-order valence-corrected chi connectivity index (χ4v) is 4.70. The third-order valence-electron chi connectivity index (χ3n) is 3.99. The Bertz CT molecular complexity index is 1230. The van der Waals surface area contributed by atoms with E-state index < -0.39 is 27.7 Å². The third kappa shape index (κ3) is 5.64. The predicted octanol–water partition coefficient (Wildman–Crippen LogP) is 2.80. The molecule has 3 aromatic rings. The van der Waals surface area contributed by atoms with Crippen LogP contribution >= 0.6 is 22.9 Å². The van der Waals surface area contributed by atoms with E-state index in [1.54, 1.807) is 37.3 Å². The number of sulfonamides is 1. The summed E-state index contributed by atoms with van der Waals surface area (Å²) in [6, 6.07) is 11.4. The zero-order valence-electron chi connectivity index (χ0n) is 16.0. The lowest BCUT2D eigenvalue weighted by atomic mass is 10.2. The molecule has 0 saturated heterocycles. The molecule has 1 heterocycles. The molecule has 0 spiro atoms. The number of hydrogen-bond acceptors (Lipinski definition) is 6. The molecule has 2 aromatic carbocycles. The number of carbonyl (C=O) groups excluding carboxylic acids is 2. The van der Waals surface area contributed by atoms with Gasteiger partial charge < -0.3 is 0 Å². The van der Waals surface area contributed by atoms with Gasteiger partial charge >= 0.3 is 0 Å². The Balaban J connectivity index is 1.63. The molecule has 0 unspecified atom stereocenters. The number of nitrogens with zero attached hydrogens (tertiary/aromatic N) is 1. The van der Waals surface area contributed by atoms with Gasteiger partial charge in [-0.05, 0) is 37.3 Å². The van der Waals surface area contributed by atoms with Crippen LogP contribution in [0.3, 0.4) is 0 Å². The van der Waals surface area contributed by atoms with Gasteiger partial charge in [-0.3, -0.25) is 20.4 Å². The highest BCUT2D eigenvalue weighted by molar-refractivity contribution is 7.89. The largest absolute Gasteiger partial charge is 0.281 e. The molecule has 0 bridgehead atoms. The number of hydrogen-bond donors (Lipinski definition) is 3. The number of amides is 2. The number of nitrogens with one attached hydrogen (secondary N) is 3. The van der Waals surface area contributed by atoms with Crippen LogP contribution in [0.1, 0.15) is 30.7 Å². The number of aromatic nitrogens is 1. The molecular formula is C19H16ClFN4O4S2. The first kappa shape index (κ1) is 22.8. The van der Waals surface area contributed by atoms with Gasteiger partial charge in [0.15, 0.2) is 0 Å². The minimum absolute atomic E-state index is 0.188. The highest BCUT2D eigenvalue weighted by atomic mass is 35.5. The standard InChI is InChI=1S/C19H16ClFN4O4S2/c1-11-17(19(27)25-24-18(26)12-5-3-2-4-6-12)30-16(23-11)10-22-31(28,29)13-7-8-15(21)14(20)9-13/h2-9,22H,10H2,1H3,(H,24,26)(H,25,27). The summed E-state index contributed by atoms with van der Waals surface area (Å²) in [5.41, 5.74) is 5.36. The summed E-state index contributed by atoms with van der Waals surface area (Å²) >= 11 is 6.60. The number of benzene rings is 2. The molecular weight excluding hydrogens is 467 g/mol. The van der Waals surface area contributed by atoms with Gasteiger partial charge in [0, 0.05) is 5.56 Å². The zero-order valence-corrected chi connectivity index (χ0v) is 18.4. The second-order valence-electron chi connectivity index (χ2n) is 6.20. The summed E-state index contributed by atoms with van der Waals surface area (Å²) in [5.74, 6) is -1.80. The molecule has 1 aromatic heterocycles. The maximum atomic E-state index is 13.3. The highest BCUT2D eigenvalue weighted by Crippen LogP contribution is 2.21. The minimum Gasteiger partial charge on any atom is -0.267 e. The number of halogens is 2. The molecule has 3 N–H and O–H groups in total. The van der Waals surface area contributed by atoms with E-state index in [0.717, 1.165) is 29.5 Å². The molecule has 0 aliphatic rings. The second-order valence-corrected chi connectivity index (χ2v) is 9.45. The molecule has 3 rings (SSSR count). The van der Waals surface area contributed by atoms with Crippen LogP contribution in [-0.2, 0) is 16.6 Å². The molecule has 162 valence electrons. The van der Waals surface area contributed by atoms with Crippen molar-refractivity contribution in [1.29, 1.82) is 0 Å². The van der Waals surface area contributed by atoms with Gasteiger partial charge in [-0.1, -0.05) is 29.8 Å². The van der Waals surface area contributed by atoms with Gasteiger partial charge in [0.25, 0.3) is 11.8 Å². The SMILES string of the molecule is Cc1nc(CNS(=O)(=O)c2ccc(F)c(Cl)c2)sc1C(=O)NNC(=O)c1ccccc1. The van der Waals surface area contributed by atoms with E-state index in [1.165, 1.54) is 0 Å². The van der Waals surface area contributed by atoms with Crippen molar-refractivity contribution < 1.29 is 22.4 Å². The van der Waals surface area contributed by atoms with Crippen LogP contribution in [0.25, 0.3) is 0 Å². The monoisotopic (exact) mass is 482 g/mol. The molecule has 0 aliphatic heterocycles. The smallest absolute Gasteiger partial charge is 0.267 e. The van der Waals surface area contributed by atoms with Crippen LogP contribution in [0.15, 0.2) is 53.4 Å². The summed E-state index contributed by atoms with van der Waals surface area (Å²) in [6.45, 7) is 1.40. The molecule has 0 saturated carbocycles. The van der Waals surface area contributed by atoms with Crippen molar-refractivity contribution in [3.63, 3.8) is 0 Å². The van der Waals surface area contributed by atoms with Gasteiger partial charge in [-0.25, -0.2) is 22.5 Å². The molecule has 0 aliphatic carbocycles. The summed E-state index contributed by atoms with van der Waals surface area (Å²) in [7, 11) is -3.97. The summed E-state index contributed by atoms with van der Waals surface area (Å²) < 4.78 is 40.3. The van der Waals surface area contributed by atoms with Crippen molar-refractivity contribution in [1.82, 2.24) is 20.6 Å². The van der Waals surface area contributed by atoms with Crippen molar-refractivity contribution in [2.75, 3.05) is 0 Å². The third-order valence-corrected chi connectivity index (χ3v) is 6.83. The summed E-state index contributed by atoms with van der Waals surface area (Å²) in [5, 5.41) is 0.0123. The first-order valence-corrected chi connectivity index (χ1v) is 11.4. The Morgan fingerprint density at radius 3 is 2.45 bits per heavy atom. The lowest BCUT2D eigenvalue weighted by Crippen LogP contribution is -2.41. The Hall–Kier alpha value is -2.86. The normalized spacial score (nSPS) is 11.2. The van der Waals surface area contributed by atoms with Gasteiger partial charge in [0.1, 0.15) is 15.7 Å². The van der Waals surface area contributed by atoms with E-state index in [0.29, 0.717) is 16.3 Å². The summed E-state index contributed by atoms with van der Waals surface area (Å²) in [4.78, 5) is 28.6. The number of rotatable bonds is 6. The second kappa shape index (κ2) is 9.52. The first-order valence-electron chi connectivity index (χ1n) is 8.74. The van der Waals surface area contributed by atoms with Crippen LogP contribution in [-0.4, -0.2) is 25.2 Å². The molecule has 31 heavy (non-hydrogen) atoms. The number of aryl methyl sites for hydroxylation is 1. The summed E-state index contributed by atoms with van der Waals surface area (Å²) in [6.07, 6.45) is 0. The average Bonchev–Trinajstić information content (AvgIpc) is 3.13. The molecule has 8 nitrogen and oxygen atoms in total. The lowest BCUT2D eigenvalue weighted by molar-refractivity contribution is 0.0848. The van der Waals surface area contributed by atoms with E-state index in [-0.39, 0.29) is 21.3 Å². The Morgan fingerprint density at radius 2 is 1.77 bits per heavy atom. The Labute approximate surface area is 186 Å². The fraction of sp³-hybridized carbons (Fsp3) is 0.105. The maximum Gasteiger partial charge on any atom is 0.281 e. The fourth-order valence-electron chi connectivity index (χ4n) is 2.45.